The Balaban J connectivity index is 3.35. The number of aliphatic hydroxyl groups is 1. The van der Waals surface area contributed by atoms with Crippen LogP contribution in [-0.4, -0.2) is 37.2 Å². The standard InChI is InChI=1S/C16H25NO3/c1-5-13(6-2)17(10-11-18)14-8-7-9-15(20-4)16(14)12(3)19/h7-9,13,18H,5-6,10-11H2,1-4H3. The number of rotatable bonds is 8. The first-order valence-corrected chi connectivity index (χ1v) is 7.16. The van der Waals surface area contributed by atoms with Crippen molar-refractivity contribution in [2.24, 2.45) is 0 Å². The van der Waals surface area contributed by atoms with Crippen LogP contribution in [0.3, 0.4) is 0 Å². The minimum absolute atomic E-state index is 0.0219. The molecule has 0 atom stereocenters. The van der Waals surface area contributed by atoms with E-state index in [1.54, 1.807) is 20.1 Å². The summed E-state index contributed by atoms with van der Waals surface area (Å²) in [6.07, 6.45) is 1.93. The lowest BCUT2D eigenvalue weighted by Crippen LogP contribution is -2.37. The van der Waals surface area contributed by atoms with Crippen LogP contribution >= 0.6 is 0 Å². The number of hydrogen-bond donors (Lipinski definition) is 1. The number of aliphatic hydroxyl groups excluding tert-OH is 1. The van der Waals surface area contributed by atoms with Crippen molar-refractivity contribution in [3.05, 3.63) is 23.8 Å². The number of hydrogen-bond acceptors (Lipinski definition) is 4. The Morgan fingerprint density at radius 1 is 1.35 bits per heavy atom. The summed E-state index contributed by atoms with van der Waals surface area (Å²) in [5, 5.41) is 9.34. The van der Waals surface area contributed by atoms with Gasteiger partial charge in [-0.1, -0.05) is 19.9 Å². The maximum Gasteiger partial charge on any atom is 0.165 e. The normalized spacial score (nSPS) is 10.7. The number of carbonyl (C=O) groups is 1. The van der Waals surface area contributed by atoms with Crippen LogP contribution < -0.4 is 9.64 Å². The molecule has 0 unspecified atom stereocenters. The minimum Gasteiger partial charge on any atom is -0.496 e. The molecule has 4 nitrogen and oxygen atoms in total. The average molecular weight is 279 g/mol. The van der Waals surface area contributed by atoms with Crippen molar-refractivity contribution in [2.75, 3.05) is 25.2 Å². The highest BCUT2D eigenvalue weighted by Crippen LogP contribution is 2.32. The van der Waals surface area contributed by atoms with Crippen molar-refractivity contribution in [1.82, 2.24) is 0 Å². The minimum atomic E-state index is -0.0219. The van der Waals surface area contributed by atoms with Gasteiger partial charge >= 0.3 is 0 Å². The molecular weight excluding hydrogens is 254 g/mol. The van der Waals surface area contributed by atoms with E-state index in [9.17, 15) is 9.90 Å². The van der Waals surface area contributed by atoms with Gasteiger partial charge in [0.15, 0.2) is 5.78 Å². The Kier molecular flexibility index (Phi) is 6.52. The smallest absolute Gasteiger partial charge is 0.165 e. The van der Waals surface area contributed by atoms with Gasteiger partial charge in [-0.25, -0.2) is 0 Å². The molecule has 0 aliphatic heterocycles. The summed E-state index contributed by atoms with van der Waals surface area (Å²) in [6, 6.07) is 5.90. The molecule has 0 aliphatic carbocycles. The van der Waals surface area contributed by atoms with Crippen molar-refractivity contribution < 1.29 is 14.6 Å². The second-order valence-corrected chi connectivity index (χ2v) is 4.80. The van der Waals surface area contributed by atoms with Crippen LogP contribution in [0.15, 0.2) is 18.2 Å². The molecule has 0 saturated carbocycles. The fraction of sp³-hybridized carbons (Fsp3) is 0.562. The topological polar surface area (TPSA) is 49.8 Å². The second kappa shape index (κ2) is 7.90. The van der Waals surface area contributed by atoms with Gasteiger partial charge in [0.25, 0.3) is 0 Å². The van der Waals surface area contributed by atoms with Gasteiger partial charge in [-0.2, -0.15) is 0 Å². The Hall–Kier alpha value is -1.55. The molecule has 0 spiro atoms. The molecule has 112 valence electrons. The Labute approximate surface area is 121 Å². The van der Waals surface area contributed by atoms with Crippen LogP contribution in [0.2, 0.25) is 0 Å². The van der Waals surface area contributed by atoms with Crippen molar-refractivity contribution in [3.8, 4) is 5.75 Å². The van der Waals surface area contributed by atoms with Gasteiger partial charge in [-0.05, 0) is 31.9 Å². The highest BCUT2D eigenvalue weighted by molar-refractivity contribution is 6.02. The summed E-state index contributed by atoms with van der Waals surface area (Å²) in [4.78, 5) is 14.1. The van der Waals surface area contributed by atoms with Crippen LogP contribution in [0.4, 0.5) is 5.69 Å². The van der Waals surface area contributed by atoms with Gasteiger partial charge in [-0.15, -0.1) is 0 Å². The van der Waals surface area contributed by atoms with Gasteiger partial charge < -0.3 is 14.7 Å². The molecule has 0 aliphatic rings. The second-order valence-electron chi connectivity index (χ2n) is 4.80. The zero-order chi connectivity index (χ0) is 15.1. The fourth-order valence-electron chi connectivity index (χ4n) is 2.62. The summed E-state index contributed by atoms with van der Waals surface area (Å²) in [7, 11) is 1.57. The lowest BCUT2D eigenvalue weighted by Gasteiger charge is -2.33. The van der Waals surface area contributed by atoms with Crippen LogP contribution in [0.1, 0.15) is 44.0 Å². The van der Waals surface area contributed by atoms with Crippen LogP contribution in [0.25, 0.3) is 0 Å². The first-order valence-electron chi connectivity index (χ1n) is 7.16. The molecule has 0 radical (unpaired) electrons. The number of carbonyl (C=O) groups excluding carboxylic acids is 1. The van der Waals surface area contributed by atoms with E-state index in [0.717, 1.165) is 18.5 Å². The monoisotopic (exact) mass is 279 g/mol. The first kappa shape index (κ1) is 16.5. The van der Waals surface area contributed by atoms with Crippen LogP contribution in [0, 0.1) is 0 Å². The molecule has 1 N–H and O–H groups in total. The number of anilines is 1. The maximum absolute atomic E-state index is 12.0. The van der Waals surface area contributed by atoms with E-state index in [4.69, 9.17) is 4.74 Å². The molecule has 1 rings (SSSR count). The van der Waals surface area contributed by atoms with E-state index >= 15 is 0 Å². The SMILES string of the molecule is CCC(CC)N(CCO)c1cccc(OC)c1C(C)=O. The third kappa shape index (κ3) is 3.51. The largest absolute Gasteiger partial charge is 0.496 e. The molecule has 20 heavy (non-hydrogen) atoms. The molecule has 1 aromatic carbocycles. The Bertz CT molecular complexity index is 441. The Morgan fingerprint density at radius 2 is 2.00 bits per heavy atom. The Morgan fingerprint density at radius 3 is 2.45 bits per heavy atom. The fourth-order valence-corrected chi connectivity index (χ4v) is 2.62. The van der Waals surface area contributed by atoms with Gasteiger partial charge in [0.05, 0.1) is 25.0 Å². The molecule has 0 aromatic heterocycles. The molecule has 0 saturated heterocycles. The van der Waals surface area contributed by atoms with E-state index in [-0.39, 0.29) is 12.4 Å². The van der Waals surface area contributed by atoms with Crippen molar-refractivity contribution >= 4 is 11.5 Å². The zero-order valence-electron chi connectivity index (χ0n) is 12.8. The number of ether oxygens (including phenoxy) is 1. The summed E-state index contributed by atoms with van der Waals surface area (Å²) in [6.45, 7) is 6.36. The predicted octanol–water partition coefficient (Wildman–Crippen LogP) is 2.89. The van der Waals surface area contributed by atoms with E-state index in [1.807, 2.05) is 12.1 Å². The highest BCUT2D eigenvalue weighted by atomic mass is 16.5. The van der Waals surface area contributed by atoms with Crippen molar-refractivity contribution in [3.63, 3.8) is 0 Å². The van der Waals surface area contributed by atoms with E-state index in [1.165, 1.54) is 0 Å². The third-order valence-electron chi connectivity index (χ3n) is 3.61. The summed E-state index contributed by atoms with van der Waals surface area (Å²) in [5.74, 6) is 0.565. The van der Waals surface area contributed by atoms with E-state index < -0.39 is 0 Å². The lowest BCUT2D eigenvalue weighted by atomic mass is 10.0. The van der Waals surface area contributed by atoms with Gasteiger partial charge in [0.2, 0.25) is 0 Å². The molecule has 0 amide bonds. The lowest BCUT2D eigenvalue weighted by molar-refractivity contribution is 0.101. The number of benzene rings is 1. The van der Waals surface area contributed by atoms with E-state index in [0.29, 0.717) is 23.9 Å². The summed E-state index contributed by atoms with van der Waals surface area (Å²) in [5.41, 5.74) is 1.44. The summed E-state index contributed by atoms with van der Waals surface area (Å²) < 4.78 is 5.31. The first-order chi connectivity index (χ1) is 9.60. The van der Waals surface area contributed by atoms with Crippen LogP contribution in [0.5, 0.6) is 5.75 Å². The number of nitrogens with zero attached hydrogens (tertiary/aromatic N) is 1. The summed E-state index contributed by atoms with van der Waals surface area (Å²) >= 11 is 0. The predicted molar refractivity (Wildman–Crippen MR) is 81.8 cm³/mol. The van der Waals surface area contributed by atoms with Crippen molar-refractivity contribution in [1.29, 1.82) is 0 Å². The molecule has 0 fully saturated rings. The number of methoxy groups -OCH3 is 1. The number of Topliss-reactive ketones (excluding diaryl/α,β-unsaturated/α-hetero) is 1. The molecular formula is C16H25NO3. The zero-order valence-corrected chi connectivity index (χ0v) is 12.8. The van der Waals surface area contributed by atoms with Gasteiger partial charge in [0.1, 0.15) is 5.75 Å². The maximum atomic E-state index is 12.0. The van der Waals surface area contributed by atoms with Crippen molar-refractivity contribution in [2.45, 2.75) is 39.7 Å². The van der Waals surface area contributed by atoms with Gasteiger partial charge in [-0.3, -0.25) is 4.79 Å². The quantitative estimate of drug-likeness (QED) is 0.743. The molecule has 0 bridgehead atoms. The molecule has 4 heteroatoms. The van der Waals surface area contributed by atoms with Crippen LogP contribution in [-0.2, 0) is 0 Å². The van der Waals surface area contributed by atoms with E-state index in [2.05, 4.69) is 18.7 Å². The highest BCUT2D eigenvalue weighted by Gasteiger charge is 2.22. The number of ketones is 1. The average Bonchev–Trinajstić information content (AvgIpc) is 2.46. The third-order valence-corrected chi connectivity index (χ3v) is 3.61. The molecule has 0 heterocycles. The molecule has 1 aromatic rings. The van der Waals surface area contributed by atoms with Gasteiger partial charge in [0, 0.05) is 12.6 Å².